The second-order valence-corrected chi connectivity index (χ2v) is 6.11. The quantitative estimate of drug-likeness (QED) is 0.844. The number of imide groups is 1. The molecule has 126 valence electrons. The van der Waals surface area contributed by atoms with E-state index in [1.807, 2.05) is 0 Å². The summed E-state index contributed by atoms with van der Waals surface area (Å²) in [5.74, 6) is -2.01. The molecule has 2 aliphatic heterocycles. The predicted molar refractivity (Wildman–Crippen MR) is 85.7 cm³/mol. The van der Waals surface area contributed by atoms with Gasteiger partial charge in [0.25, 0.3) is 5.91 Å². The van der Waals surface area contributed by atoms with Crippen LogP contribution in [0.4, 0.5) is 4.39 Å². The summed E-state index contributed by atoms with van der Waals surface area (Å²) < 4.78 is 14.6. The summed E-state index contributed by atoms with van der Waals surface area (Å²) in [5.41, 5.74) is 1.70. The number of carbonyl (C=O) groups excluding carboxylic acids is 3. The van der Waals surface area contributed by atoms with Gasteiger partial charge in [-0.3, -0.25) is 24.7 Å². The summed E-state index contributed by atoms with van der Waals surface area (Å²) in [6, 6.07) is 7.58. The number of aromatic nitrogens is 1. The summed E-state index contributed by atoms with van der Waals surface area (Å²) >= 11 is 0. The van der Waals surface area contributed by atoms with Crippen LogP contribution in [0.3, 0.4) is 0 Å². The van der Waals surface area contributed by atoms with Gasteiger partial charge in [0.1, 0.15) is 11.9 Å². The normalized spacial score (nSPS) is 19.8. The summed E-state index contributed by atoms with van der Waals surface area (Å²) in [6.45, 7) is 0.137. The van der Waals surface area contributed by atoms with Crippen molar-refractivity contribution in [3.63, 3.8) is 0 Å². The number of rotatable bonds is 2. The van der Waals surface area contributed by atoms with E-state index in [4.69, 9.17) is 0 Å². The van der Waals surface area contributed by atoms with Crippen molar-refractivity contribution < 1.29 is 18.8 Å². The van der Waals surface area contributed by atoms with E-state index in [0.29, 0.717) is 16.8 Å². The van der Waals surface area contributed by atoms with Crippen molar-refractivity contribution in [2.75, 3.05) is 0 Å². The fraction of sp³-hybridized carbons (Fsp3) is 0.222. The van der Waals surface area contributed by atoms with Gasteiger partial charge in [-0.05, 0) is 36.2 Å². The molecule has 4 rings (SSSR count). The van der Waals surface area contributed by atoms with Gasteiger partial charge in [0.2, 0.25) is 11.8 Å². The number of carbonyl (C=O) groups is 3. The monoisotopic (exact) mass is 339 g/mol. The Morgan fingerprint density at radius 2 is 2.04 bits per heavy atom. The molecular weight excluding hydrogens is 325 g/mol. The molecule has 1 saturated heterocycles. The SMILES string of the molecule is O=C1CCC(N2Cc3cc(-c4ccccn4)cc(F)c3C2=O)C(=O)N1. The molecule has 25 heavy (non-hydrogen) atoms. The van der Waals surface area contributed by atoms with E-state index in [1.54, 1.807) is 30.5 Å². The number of nitrogens with one attached hydrogen (secondary N) is 1. The lowest BCUT2D eigenvalue weighted by molar-refractivity contribution is -0.136. The van der Waals surface area contributed by atoms with E-state index in [0.717, 1.165) is 0 Å². The van der Waals surface area contributed by atoms with Crippen LogP contribution in [0.1, 0.15) is 28.8 Å². The van der Waals surface area contributed by atoms with Gasteiger partial charge in [0.05, 0.1) is 11.3 Å². The molecular formula is C18H14FN3O3. The van der Waals surface area contributed by atoms with Gasteiger partial charge >= 0.3 is 0 Å². The zero-order chi connectivity index (χ0) is 17.6. The fourth-order valence-corrected chi connectivity index (χ4v) is 3.34. The van der Waals surface area contributed by atoms with Crippen molar-refractivity contribution in [3.05, 3.63) is 53.5 Å². The minimum Gasteiger partial charge on any atom is -0.322 e. The van der Waals surface area contributed by atoms with Crippen molar-refractivity contribution in [3.8, 4) is 11.3 Å². The number of halogens is 1. The molecule has 3 heterocycles. The Kier molecular flexibility index (Phi) is 3.56. The molecule has 7 heteroatoms. The molecule has 3 amide bonds. The number of hydrogen-bond acceptors (Lipinski definition) is 4. The number of pyridine rings is 1. The number of hydrogen-bond donors (Lipinski definition) is 1. The average Bonchev–Trinajstić information content (AvgIpc) is 2.93. The zero-order valence-corrected chi connectivity index (χ0v) is 13.2. The van der Waals surface area contributed by atoms with Crippen LogP contribution in [0.2, 0.25) is 0 Å². The maximum absolute atomic E-state index is 14.6. The van der Waals surface area contributed by atoms with Crippen LogP contribution in [0.25, 0.3) is 11.3 Å². The lowest BCUT2D eigenvalue weighted by Crippen LogP contribution is -2.52. The maximum Gasteiger partial charge on any atom is 0.258 e. The Hall–Kier alpha value is -3.09. The average molecular weight is 339 g/mol. The number of piperidine rings is 1. The standard InChI is InChI=1S/C18H14FN3O3/c19-12-8-10(13-3-1-2-6-20-13)7-11-9-22(18(25)16(11)12)14-4-5-15(23)21-17(14)24/h1-3,6-8,14H,4-5,9H2,(H,21,23,24). The summed E-state index contributed by atoms with van der Waals surface area (Å²) in [7, 11) is 0. The molecule has 0 radical (unpaired) electrons. The van der Waals surface area contributed by atoms with Gasteiger partial charge in [-0.15, -0.1) is 0 Å². The van der Waals surface area contributed by atoms with E-state index in [2.05, 4.69) is 10.3 Å². The van der Waals surface area contributed by atoms with Crippen LogP contribution in [0.5, 0.6) is 0 Å². The van der Waals surface area contributed by atoms with E-state index in [9.17, 15) is 18.8 Å². The number of nitrogens with zero attached hydrogens (tertiary/aromatic N) is 2. The number of benzene rings is 1. The highest BCUT2D eigenvalue weighted by molar-refractivity contribution is 6.05. The number of fused-ring (bicyclic) bond motifs is 1. The maximum atomic E-state index is 14.6. The van der Waals surface area contributed by atoms with E-state index in [1.165, 1.54) is 11.0 Å². The lowest BCUT2D eigenvalue weighted by Gasteiger charge is -2.29. The highest BCUT2D eigenvalue weighted by atomic mass is 19.1. The van der Waals surface area contributed by atoms with Gasteiger partial charge < -0.3 is 4.90 Å². The Morgan fingerprint density at radius 1 is 1.20 bits per heavy atom. The molecule has 1 unspecified atom stereocenters. The molecule has 2 aromatic rings. The minimum absolute atomic E-state index is 0.00983. The van der Waals surface area contributed by atoms with Gasteiger partial charge in [0, 0.05) is 24.7 Å². The van der Waals surface area contributed by atoms with Crippen LogP contribution < -0.4 is 5.32 Å². The molecule has 2 aliphatic rings. The Morgan fingerprint density at radius 3 is 2.76 bits per heavy atom. The third kappa shape index (κ3) is 2.57. The van der Waals surface area contributed by atoms with Crippen LogP contribution in [-0.4, -0.2) is 33.6 Å². The van der Waals surface area contributed by atoms with E-state index in [-0.39, 0.29) is 30.9 Å². The van der Waals surface area contributed by atoms with Gasteiger partial charge in [-0.25, -0.2) is 4.39 Å². The second kappa shape index (κ2) is 5.77. The molecule has 1 aromatic carbocycles. The second-order valence-electron chi connectivity index (χ2n) is 6.11. The molecule has 1 atom stereocenters. The first-order chi connectivity index (χ1) is 12.0. The van der Waals surface area contributed by atoms with Crippen LogP contribution in [0, 0.1) is 5.82 Å². The molecule has 0 spiro atoms. The number of amides is 3. The van der Waals surface area contributed by atoms with Gasteiger partial charge in [-0.2, -0.15) is 0 Å². The van der Waals surface area contributed by atoms with Crippen molar-refractivity contribution in [2.45, 2.75) is 25.4 Å². The predicted octanol–water partition coefficient (Wildman–Crippen LogP) is 1.65. The van der Waals surface area contributed by atoms with Crippen LogP contribution >= 0.6 is 0 Å². The first-order valence-electron chi connectivity index (χ1n) is 7.93. The molecule has 0 aliphatic carbocycles. The highest BCUT2D eigenvalue weighted by Gasteiger charge is 2.40. The fourth-order valence-electron chi connectivity index (χ4n) is 3.34. The van der Waals surface area contributed by atoms with Crippen molar-refractivity contribution in [1.29, 1.82) is 0 Å². The van der Waals surface area contributed by atoms with Crippen molar-refractivity contribution in [1.82, 2.24) is 15.2 Å². The molecule has 1 fully saturated rings. The van der Waals surface area contributed by atoms with Gasteiger partial charge in [0.15, 0.2) is 0 Å². The van der Waals surface area contributed by atoms with Crippen molar-refractivity contribution in [2.24, 2.45) is 0 Å². The molecule has 0 bridgehead atoms. The Labute approximate surface area is 142 Å². The smallest absolute Gasteiger partial charge is 0.258 e. The van der Waals surface area contributed by atoms with Crippen molar-refractivity contribution >= 4 is 17.7 Å². The Bertz CT molecular complexity index is 898. The third-order valence-electron chi connectivity index (χ3n) is 4.53. The molecule has 6 nitrogen and oxygen atoms in total. The van der Waals surface area contributed by atoms with E-state index >= 15 is 0 Å². The van der Waals surface area contributed by atoms with Crippen LogP contribution in [-0.2, 0) is 16.1 Å². The Balaban J connectivity index is 1.68. The summed E-state index contributed by atoms with van der Waals surface area (Å²) in [4.78, 5) is 41.4. The molecule has 1 aromatic heterocycles. The summed E-state index contributed by atoms with van der Waals surface area (Å²) in [6.07, 6.45) is 2.03. The zero-order valence-electron chi connectivity index (χ0n) is 13.2. The van der Waals surface area contributed by atoms with E-state index < -0.39 is 23.7 Å². The molecule has 0 saturated carbocycles. The lowest BCUT2D eigenvalue weighted by atomic mass is 10.0. The first kappa shape index (κ1) is 15.4. The summed E-state index contributed by atoms with van der Waals surface area (Å²) in [5, 5.41) is 2.23. The highest BCUT2D eigenvalue weighted by Crippen LogP contribution is 2.32. The first-order valence-corrected chi connectivity index (χ1v) is 7.93. The van der Waals surface area contributed by atoms with Gasteiger partial charge in [-0.1, -0.05) is 6.07 Å². The molecule has 1 N–H and O–H groups in total. The largest absolute Gasteiger partial charge is 0.322 e. The topological polar surface area (TPSA) is 79.4 Å². The third-order valence-corrected chi connectivity index (χ3v) is 4.53. The minimum atomic E-state index is -0.754. The van der Waals surface area contributed by atoms with Crippen LogP contribution in [0.15, 0.2) is 36.5 Å².